The number of rotatable bonds is 6. The molecular formula is C5H7N2O6. The molecule has 8 nitrogen and oxygen atoms in total. The Morgan fingerprint density at radius 1 is 1.31 bits per heavy atom. The Balaban J connectivity index is 4.28. The topological polar surface area (TPSA) is 124 Å². The molecule has 0 aromatic carbocycles. The summed E-state index contributed by atoms with van der Waals surface area (Å²) in [5.74, 6) is 0. The van der Waals surface area contributed by atoms with Crippen LogP contribution in [-0.4, -0.2) is 33.5 Å². The highest BCUT2D eigenvalue weighted by atomic mass is 16.7. The maximum atomic E-state index is 10.1. The smallest absolute Gasteiger partial charge is 0.379 e. The van der Waals surface area contributed by atoms with Gasteiger partial charge in [0.1, 0.15) is 0 Å². The van der Waals surface area contributed by atoms with Crippen molar-refractivity contribution < 1.29 is 19.7 Å². The van der Waals surface area contributed by atoms with Crippen molar-refractivity contribution in [3.8, 4) is 0 Å². The standard InChI is InChI=1S/C5H7N2O6/c8-3-1-2-4(9)5(6(10)11)7(12)13/h4-5,9H,1-2H2. The highest BCUT2D eigenvalue weighted by Crippen LogP contribution is 2.05. The summed E-state index contributed by atoms with van der Waals surface area (Å²) in [7, 11) is 0. The second-order valence-corrected chi connectivity index (χ2v) is 2.23. The molecule has 0 amide bonds. The van der Waals surface area contributed by atoms with E-state index in [2.05, 4.69) is 0 Å². The minimum Gasteiger partial charge on any atom is -0.379 e. The van der Waals surface area contributed by atoms with E-state index < -0.39 is 22.1 Å². The molecule has 0 fully saturated rings. The fourth-order valence-electron chi connectivity index (χ4n) is 0.714. The number of aliphatic hydroxyl groups excluding tert-OH is 1. The number of carbonyl (C=O) groups excluding carboxylic acids is 1. The molecule has 0 aromatic rings. The van der Waals surface area contributed by atoms with Crippen molar-refractivity contribution in [2.24, 2.45) is 0 Å². The van der Waals surface area contributed by atoms with Gasteiger partial charge in [0.15, 0.2) is 12.4 Å². The number of hydrogen-bond donors (Lipinski definition) is 1. The largest absolute Gasteiger partial charge is 0.475 e. The van der Waals surface area contributed by atoms with Crippen LogP contribution in [0.15, 0.2) is 0 Å². The van der Waals surface area contributed by atoms with Crippen LogP contribution in [0.3, 0.4) is 0 Å². The zero-order valence-corrected chi connectivity index (χ0v) is 6.45. The molecule has 1 radical (unpaired) electrons. The van der Waals surface area contributed by atoms with E-state index in [-0.39, 0.29) is 12.8 Å². The minimum absolute atomic E-state index is 0.265. The van der Waals surface area contributed by atoms with E-state index in [4.69, 9.17) is 5.11 Å². The summed E-state index contributed by atoms with van der Waals surface area (Å²) in [6.45, 7) is 0. The van der Waals surface area contributed by atoms with Gasteiger partial charge < -0.3 is 5.11 Å². The van der Waals surface area contributed by atoms with Crippen LogP contribution in [0.5, 0.6) is 0 Å². The van der Waals surface area contributed by atoms with Crippen molar-refractivity contribution in [1.82, 2.24) is 0 Å². The molecule has 0 rings (SSSR count). The van der Waals surface area contributed by atoms with Crippen molar-refractivity contribution in [3.63, 3.8) is 0 Å². The van der Waals surface area contributed by atoms with Crippen LogP contribution in [0.1, 0.15) is 12.8 Å². The van der Waals surface area contributed by atoms with E-state index in [0.717, 1.165) is 0 Å². The third-order valence-corrected chi connectivity index (χ3v) is 1.32. The first-order valence-corrected chi connectivity index (χ1v) is 3.30. The minimum atomic E-state index is -2.27. The van der Waals surface area contributed by atoms with E-state index >= 15 is 0 Å². The van der Waals surface area contributed by atoms with Crippen LogP contribution in [0.25, 0.3) is 0 Å². The summed E-state index contributed by atoms with van der Waals surface area (Å²) < 4.78 is 0. The molecule has 0 aromatic heterocycles. The first-order chi connectivity index (χ1) is 6.00. The maximum Gasteiger partial charge on any atom is 0.475 e. The lowest BCUT2D eigenvalue weighted by atomic mass is 10.2. The molecule has 0 spiro atoms. The lowest BCUT2D eigenvalue weighted by molar-refractivity contribution is -0.751. The van der Waals surface area contributed by atoms with Crippen LogP contribution >= 0.6 is 0 Å². The Kier molecular flexibility index (Phi) is 4.52. The molecule has 0 saturated heterocycles. The molecule has 0 saturated carbocycles. The van der Waals surface area contributed by atoms with Gasteiger partial charge in [0, 0.05) is 6.42 Å². The van der Waals surface area contributed by atoms with Crippen LogP contribution in [0, 0.1) is 20.2 Å². The van der Waals surface area contributed by atoms with Crippen molar-refractivity contribution in [2.75, 3.05) is 0 Å². The van der Waals surface area contributed by atoms with Gasteiger partial charge in [0.25, 0.3) is 0 Å². The van der Waals surface area contributed by atoms with Crippen LogP contribution in [-0.2, 0) is 4.79 Å². The van der Waals surface area contributed by atoms with E-state index in [1.165, 1.54) is 6.29 Å². The van der Waals surface area contributed by atoms with E-state index in [1.807, 2.05) is 0 Å². The number of hydrogen-bond acceptors (Lipinski definition) is 6. The Morgan fingerprint density at radius 2 is 1.77 bits per heavy atom. The van der Waals surface area contributed by atoms with Crippen molar-refractivity contribution in [3.05, 3.63) is 20.2 Å². The fourth-order valence-corrected chi connectivity index (χ4v) is 0.714. The Morgan fingerprint density at radius 3 is 2.08 bits per heavy atom. The van der Waals surface area contributed by atoms with Crippen molar-refractivity contribution >= 4 is 6.29 Å². The van der Waals surface area contributed by atoms with Gasteiger partial charge in [-0.3, -0.25) is 25.0 Å². The zero-order chi connectivity index (χ0) is 10.4. The number of nitro groups is 2. The molecule has 8 heteroatoms. The van der Waals surface area contributed by atoms with Crippen LogP contribution in [0.2, 0.25) is 0 Å². The monoisotopic (exact) mass is 191 g/mol. The van der Waals surface area contributed by atoms with E-state index in [1.54, 1.807) is 0 Å². The van der Waals surface area contributed by atoms with Gasteiger partial charge in [0.05, 0.1) is 9.85 Å². The van der Waals surface area contributed by atoms with E-state index in [9.17, 15) is 25.0 Å². The van der Waals surface area contributed by atoms with Gasteiger partial charge in [0.2, 0.25) is 0 Å². The average Bonchev–Trinajstić information content (AvgIpc) is 1.99. The Labute approximate surface area is 72.5 Å². The second kappa shape index (κ2) is 5.14. The summed E-state index contributed by atoms with van der Waals surface area (Å²) >= 11 is 0. The first kappa shape index (κ1) is 11.4. The lowest BCUT2D eigenvalue weighted by Crippen LogP contribution is -2.40. The molecule has 1 N–H and O–H groups in total. The zero-order valence-electron chi connectivity index (χ0n) is 6.45. The Bertz CT molecular complexity index is 203. The summed E-state index contributed by atoms with van der Waals surface area (Å²) in [4.78, 5) is 27.4. The van der Waals surface area contributed by atoms with Gasteiger partial charge in [-0.2, -0.15) is 0 Å². The third kappa shape index (κ3) is 3.56. The van der Waals surface area contributed by atoms with Crippen LogP contribution in [0.4, 0.5) is 0 Å². The molecule has 13 heavy (non-hydrogen) atoms. The van der Waals surface area contributed by atoms with Crippen molar-refractivity contribution in [2.45, 2.75) is 25.1 Å². The normalized spacial score (nSPS) is 12.5. The molecule has 1 unspecified atom stereocenters. The highest BCUT2D eigenvalue weighted by molar-refractivity contribution is 5.50. The van der Waals surface area contributed by atoms with Gasteiger partial charge in [-0.15, -0.1) is 0 Å². The molecule has 0 bridgehead atoms. The van der Waals surface area contributed by atoms with Crippen LogP contribution < -0.4 is 0 Å². The highest BCUT2D eigenvalue weighted by Gasteiger charge is 2.40. The fraction of sp³-hybridized carbons (Fsp3) is 0.800. The number of aliphatic hydroxyl groups is 1. The maximum absolute atomic E-state index is 10.1. The predicted octanol–water partition coefficient (Wildman–Crippen LogP) is -0.883. The SMILES string of the molecule is O=[C]CCC(O)C([N+](=O)[O-])[N+](=O)[O-]. The molecule has 0 aliphatic rings. The number of nitrogens with zero attached hydrogens (tertiary/aromatic N) is 2. The van der Waals surface area contributed by atoms with Crippen molar-refractivity contribution in [1.29, 1.82) is 0 Å². The molecule has 0 aliphatic heterocycles. The summed E-state index contributed by atoms with van der Waals surface area (Å²) in [6.07, 6.45) is -3.25. The molecule has 0 aliphatic carbocycles. The summed E-state index contributed by atoms with van der Waals surface area (Å²) in [6, 6.07) is 0. The van der Waals surface area contributed by atoms with Gasteiger partial charge >= 0.3 is 6.17 Å². The van der Waals surface area contributed by atoms with Gasteiger partial charge in [-0.1, -0.05) is 0 Å². The molecule has 1 atom stereocenters. The Hall–Kier alpha value is -1.57. The molecule has 0 heterocycles. The molecular weight excluding hydrogens is 184 g/mol. The van der Waals surface area contributed by atoms with Gasteiger partial charge in [-0.05, 0) is 6.42 Å². The quantitative estimate of drug-likeness (QED) is 0.330. The second-order valence-electron chi connectivity index (χ2n) is 2.23. The van der Waals surface area contributed by atoms with E-state index in [0.29, 0.717) is 0 Å². The average molecular weight is 191 g/mol. The first-order valence-electron chi connectivity index (χ1n) is 3.30. The lowest BCUT2D eigenvalue weighted by Gasteiger charge is -2.06. The van der Waals surface area contributed by atoms with Gasteiger partial charge in [-0.25, -0.2) is 0 Å². The summed E-state index contributed by atoms with van der Waals surface area (Å²) in [5.41, 5.74) is 0. The summed E-state index contributed by atoms with van der Waals surface area (Å²) in [5, 5.41) is 29.0. The predicted molar refractivity (Wildman–Crippen MR) is 38.7 cm³/mol. The molecule has 73 valence electrons. The third-order valence-electron chi connectivity index (χ3n) is 1.32.